The Morgan fingerprint density at radius 2 is 1.82 bits per heavy atom. The van der Waals surface area contributed by atoms with Crippen LogP contribution in [0.2, 0.25) is 0 Å². The minimum Gasteiger partial charge on any atom is -0.465 e. The number of aliphatic hydroxyl groups excluding tert-OH is 1. The van der Waals surface area contributed by atoms with Gasteiger partial charge in [0.25, 0.3) is 5.91 Å². The lowest BCUT2D eigenvalue weighted by molar-refractivity contribution is -0.146. The molecule has 0 radical (unpaired) electrons. The van der Waals surface area contributed by atoms with Crippen LogP contribution in [0.1, 0.15) is 60.4 Å². The van der Waals surface area contributed by atoms with Gasteiger partial charge in [0, 0.05) is 31.9 Å². The predicted molar refractivity (Wildman–Crippen MR) is 147 cm³/mol. The van der Waals surface area contributed by atoms with E-state index >= 15 is 0 Å². The lowest BCUT2D eigenvalue weighted by atomic mass is 9.92. The maximum Gasteiger partial charge on any atom is 0.337 e. The zero-order chi connectivity index (χ0) is 28.0. The summed E-state index contributed by atoms with van der Waals surface area (Å²) >= 11 is 0. The number of carbonyl (C=O) groups excluding carboxylic acids is 3. The highest BCUT2D eigenvalue weighted by Gasteiger charge is 2.28. The summed E-state index contributed by atoms with van der Waals surface area (Å²) in [5.74, 6) is -0.928. The standard InChI is InChI=1S/C29H37N3O7/c1-37-29(36)21-13-11-20(12-14-21)22-18-25(39-27(19-22)38-17-7-6-16-33)28(35)31-15-5-4-10-26(34)32-24-9-3-2-8-23(24)30/h2-3,8-9,11-14,18,22,27,33H,4-7,10,15-17,19,30H2,1H3,(H,31,35)(H,32,34)/t22-,27+/m0/s1. The number of nitrogens with one attached hydrogen (secondary N) is 2. The van der Waals surface area contributed by atoms with Crippen molar-refractivity contribution in [3.8, 4) is 0 Å². The summed E-state index contributed by atoms with van der Waals surface area (Å²) in [7, 11) is 1.33. The molecule has 0 aliphatic carbocycles. The Balaban J connectivity index is 1.53. The van der Waals surface area contributed by atoms with Gasteiger partial charge in [0.05, 0.1) is 30.7 Å². The van der Waals surface area contributed by atoms with E-state index in [1.54, 1.807) is 42.5 Å². The molecule has 10 nitrogen and oxygen atoms in total. The van der Waals surface area contributed by atoms with E-state index in [9.17, 15) is 14.4 Å². The Kier molecular flexibility index (Phi) is 11.8. The van der Waals surface area contributed by atoms with E-state index in [2.05, 4.69) is 10.6 Å². The minimum absolute atomic E-state index is 0.0829. The van der Waals surface area contributed by atoms with Gasteiger partial charge in [-0.1, -0.05) is 24.3 Å². The Labute approximate surface area is 228 Å². The van der Waals surface area contributed by atoms with Gasteiger partial charge >= 0.3 is 5.97 Å². The van der Waals surface area contributed by atoms with E-state index in [0.717, 1.165) is 5.56 Å². The first kappa shape index (κ1) is 29.7. The van der Waals surface area contributed by atoms with E-state index in [1.165, 1.54) is 7.11 Å². The van der Waals surface area contributed by atoms with Crippen molar-refractivity contribution in [3.63, 3.8) is 0 Å². The van der Waals surface area contributed by atoms with Crippen molar-refractivity contribution in [1.29, 1.82) is 0 Å². The zero-order valence-electron chi connectivity index (χ0n) is 22.2. The lowest BCUT2D eigenvalue weighted by Gasteiger charge is -2.29. The van der Waals surface area contributed by atoms with Crippen molar-refractivity contribution in [2.75, 3.05) is 37.9 Å². The first-order valence-corrected chi connectivity index (χ1v) is 13.1. The fourth-order valence-corrected chi connectivity index (χ4v) is 4.09. The summed E-state index contributed by atoms with van der Waals surface area (Å²) in [6.07, 6.45) is 4.41. The number of ether oxygens (including phenoxy) is 3. The van der Waals surface area contributed by atoms with Crippen molar-refractivity contribution >= 4 is 29.2 Å². The summed E-state index contributed by atoms with van der Waals surface area (Å²) < 4.78 is 16.4. The fraction of sp³-hybridized carbons (Fsp3) is 0.414. The van der Waals surface area contributed by atoms with E-state index in [4.69, 9.17) is 25.1 Å². The fourth-order valence-electron chi connectivity index (χ4n) is 4.09. The number of esters is 1. The number of methoxy groups -OCH3 is 1. The van der Waals surface area contributed by atoms with Crippen LogP contribution in [0.15, 0.2) is 60.4 Å². The molecule has 5 N–H and O–H groups in total. The molecular weight excluding hydrogens is 502 g/mol. The number of rotatable bonds is 14. The maximum absolute atomic E-state index is 12.9. The third-order valence-electron chi connectivity index (χ3n) is 6.25. The van der Waals surface area contributed by atoms with Crippen LogP contribution < -0.4 is 16.4 Å². The molecule has 0 unspecified atom stereocenters. The molecule has 1 aliphatic heterocycles. The molecule has 0 saturated carbocycles. The first-order valence-electron chi connectivity index (χ1n) is 13.1. The monoisotopic (exact) mass is 539 g/mol. The second kappa shape index (κ2) is 15.5. The summed E-state index contributed by atoms with van der Waals surface area (Å²) in [6, 6.07) is 14.1. The number of hydrogen-bond acceptors (Lipinski definition) is 8. The quantitative estimate of drug-likeness (QED) is 0.162. The predicted octanol–water partition coefficient (Wildman–Crippen LogP) is 3.48. The second-order valence-corrected chi connectivity index (χ2v) is 9.18. The molecule has 210 valence electrons. The zero-order valence-corrected chi connectivity index (χ0v) is 22.2. The van der Waals surface area contributed by atoms with Gasteiger partial charge in [-0.15, -0.1) is 0 Å². The van der Waals surface area contributed by atoms with Crippen molar-refractivity contribution < 1.29 is 33.7 Å². The molecule has 2 aromatic rings. The molecule has 2 amide bonds. The molecule has 0 fully saturated rings. The van der Waals surface area contributed by atoms with Gasteiger partial charge in [-0.05, 0) is 61.6 Å². The number of aliphatic hydroxyl groups is 1. The molecule has 0 aromatic heterocycles. The van der Waals surface area contributed by atoms with Gasteiger partial charge in [-0.25, -0.2) is 4.79 Å². The SMILES string of the molecule is COC(=O)c1ccc([C@H]2C=C(C(=O)NCCCCC(=O)Nc3ccccc3N)O[C@@H](OCCCCO)C2)cc1. The van der Waals surface area contributed by atoms with Crippen LogP contribution in [-0.2, 0) is 23.8 Å². The van der Waals surface area contributed by atoms with E-state index in [0.29, 0.717) is 68.6 Å². The Morgan fingerprint density at radius 1 is 1.05 bits per heavy atom. The molecule has 2 atom stereocenters. The normalized spacial score (nSPS) is 16.5. The average Bonchev–Trinajstić information content (AvgIpc) is 2.95. The number of para-hydroxylation sites is 2. The largest absolute Gasteiger partial charge is 0.465 e. The number of allylic oxidation sites excluding steroid dienone is 1. The molecule has 0 spiro atoms. The third-order valence-corrected chi connectivity index (χ3v) is 6.25. The topological polar surface area (TPSA) is 149 Å². The molecule has 0 bridgehead atoms. The van der Waals surface area contributed by atoms with Crippen LogP contribution in [0.3, 0.4) is 0 Å². The highest BCUT2D eigenvalue weighted by molar-refractivity contribution is 5.94. The van der Waals surface area contributed by atoms with E-state index < -0.39 is 12.3 Å². The van der Waals surface area contributed by atoms with Crippen LogP contribution in [-0.4, -0.2) is 56.0 Å². The molecular formula is C29H37N3O7. The van der Waals surface area contributed by atoms with Gasteiger partial charge in [-0.3, -0.25) is 9.59 Å². The maximum atomic E-state index is 12.9. The highest BCUT2D eigenvalue weighted by atomic mass is 16.7. The third kappa shape index (κ3) is 9.42. The second-order valence-electron chi connectivity index (χ2n) is 9.18. The number of anilines is 2. The van der Waals surface area contributed by atoms with E-state index in [-0.39, 0.29) is 30.1 Å². The number of benzene rings is 2. The summed E-state index contributed by atoms with van der Waals surface area (Å²) in [6.45, 7) is 0.852. The summed E-state index contributed by atoms with van der Waals surface area (Å²) in [4.78, 5) is 36.9. The number of hydrogen-bond donors (Lipinski definition) is 4. The summed E-state index contributed by atoms with van der Waals surface area (Å²) in [5, 5.41) is 14.6. The van der Waals surface area contributed by atoms with Gasteiger partial charge in [0.1, 0.15) is 0 Å². The van der Waals surface area contributed by atoms with Crippen molar-refractivity contribution in [2.24, 2.45) is 0 Å². The van der Waals surface area contributed by atoms with Gasteiger partial charge < -0.3 is 35.7 Å². The molecule has 0 saturated heterocycles. The molecule has 10 heteroatoms. The first-order chi connectivity index (χ1) is 18.9. The lowest BCUT2D eigenvalue weighted by Crippen LogP contribution is -2.33. The highest BCUT2D eigenvalue weighted by Crippen LogP contribution is 2.32. The summed E-state index contributed by atoms with van der Waals surface area (Å²) in [5.41, 5.74) is 8.29. The number of carbonyl (C=O) groups is 3. The van der Waals surface area contributed by atoms with Crippen LogP contribution in [0, 0.1) is 0 Å². The average molecular weight is 540 g/mol. The molecule has 2 aromatic carbocycles. The van der Waals surface area contributed by atoms with E-state index in [1.807, 2.05) is 12.1 Å². The Bertz CT molecular complexity index is 1130. The number of nitrogen functional groups attached to an aromatic ring is 1. The van der Waals surface area contributed by atoms with Crippen LogP contribution in [0.25, 0.3) is 0 Å². The minimum atomic E-state index is -0.631. The smallest absolute Gasteiger partial charge is 0.337 e. The van der Waals surface area contributed by atoms with Gasteiger partial charge in [0.15, 0.2) is 5.76 Å². The number of unbranched alkanes of at least 4 members (excludes halogenated alkanes) is 2. The van der Waals surface area contributed by atoms with Crippen LogP contribution in [0.5, 0.6) is 0 Å². The number of amides is 2. The van der Waals surface area contributed by atoms with Crippen LogP contribution >= 0.6 is 0 Å². The molecule has 3 rings (SSSR count). The molecule has 39 heavy (non-hydrogen) atoms. The van der Waals surface area contributed by atoms with Gasteiger partial charge in [0.2, 0.25) is 12.2 Å². The Morgan fingerprint density at radius 3 is 2.54 bits per heavy atom. The molecule has 1 aliphatic rings. The van der Waals surface area contributed by atoms with Crippen LogP contribution in [0.4, 0.5) is 11.4 Å². The Hall–Kier alpha value is -3.89. The van der Waals surface area contributed by atoms with Crippen molar-refractivity contribution in [1.82, 2.24) is 5.32 Å². The van der Waals surface area contributed by atoms with Gasteiger partial charge in [-0.2, -0.15) is 0 Å². The van der Waals surface area contributed by atoms with Crippen molar-refractivity contribution in [3.05, 3.63) is 71.5 Å². The molecule has 1 heterocycles. The van der Waals surface area contributed by atoms with Crippen molar-refractivity contribution in [2.45, 2.75) is 50.7 Å². The number of nitrogens with two attached hydrogens (primary N) is 1.